The second kappa shape index (κ2) is 6.20. The van der Waals surface area contributed by atoms with Crippen molar-refractivity contribution in [2.75, 3.05) is 20.1 Å². The quantitative estimate of drug-likeness (QED) is 0.928. The first-order valence-electron chi connectivity index (χ1n) is 8.15. The molecule has 1 N–H and O–H groups in total. The van der Waals surface area contributed by atoms with Crippen molar-refractivity contribution in [2.45, 2.75) is 45.2 Å². The Morgan fingerprint density at radius 2 is 2.19 bits per heavy atom. The average Bonchev–Trinajstić information content (AvgIpc) is 2.92. The number of hydrogen-bond donors (Lipinski definition) is 1. The Morgan fingerprint density at radius 1 is 1.38 bits per heavy atom. The van der Waals surface area contributed by atoms with E-state index in [0.717, 1.165) is 30.9 Å². The molecule has 1 aromatic carbocycles. The van der Waals surface area contributed by atoms with Gasteiger partial charge >= 0.3 is 0 Å². The summed E-state index contributed by atoms with van der Waals surface area (Å²) in [6.45, 7) is 6.73. The van der Waals surface area contributed by atoms with Crippen LogP contribution in [0.15, 0.2) is 28.7 Å². The van der Waals surface area contributed by atoms with E-state index in [2.05, 4.69) is 55.4 Å². The minimum atomic E-state index is 0.317. The summed E-state index contributed by atoms with van der Waals surface area (Å²) in [6, 6.07) is 9.32. The highest BCUT2D eigenvalue weighted by molar-refractivity contribution is 5.82. The maximum atomic E-state index is 6.20. The molecular weight excluding hydrogens is 260 g/mol. The average molecular weight is 286 g/mol. The lowest BCUT2D eigenvalue weighted by Crippen LogP contribution is -2.45. The van der Waals surface area contributed by atoms with E-state index in [4.69, 9.17) is 4.42 Å². The van der Waals surface area contributed by atoms with E-state index in [1.165, 1.54) is 23.8 Å². The van der Waals surface area contributed by atoms with Crippen LogP contribution in [-0.4, -0.2) is 31.1 Å². The third-order valence-electron chi connectivity index (χ3n) is 4.92. The molecule has 21 heavy (non-hydrogen) atoms. The lowest BCUT2D eigenvalue weighted by Gasteiger charge is -2.35. The van der Waals surface area contributed by atoms with Gasteiger partial charge < -0.3 is 9.73 Å². The van der Waals surface area contributed by atoms with Crippen molar-refractivity contribution in [1.29, 1.82) is 0 Å². The van der Waals surface area contributed by atoms with Crippen LogP contribution in [0.2, 0.25) is 0 Å². The molecular formula is C18H26N2O. The van der Waals surface area contributed by atoms with Gasteiger partial charge in [0.25, 0.3) is 0 Å². The van der Waals surface area contributed by atoms with Crippen molar-refractivity contribution >= 4 is 11.0 Å². The van der Waals surface area contributed by atoms with E-state index in [1.54, 1.807) is 0 Å². The molecule has 1 fully saturated rings. The summed E-state index contributed by atoms with van der Waals surface area (Å²) in [5.41, 5.74) is 2.39. The number of piperidine rings is 1. The van der Waals surface area contributed by atoms with Crippen LogP contribution in [0.1, 0.15) is 44.1 Å². The molecule has 0 spiro atoms. The smallest absolute Gasteiger partial charge is 0.134 e. The van der Waals surface area contributed by atoms with Crippen molar-refractivity contribution in [1.82, 2.24) is 10.2 Å². The molecule has 2 unspecified atom stereocenters. The maximum Gasteiger partial charge on any atom is 0.134 e. The zero-order valence-corrected chi connectivity index (χ0v) is 13.4. The molecule has 0 saturated carbocycles. The second-order valence-corrected chi connectivity index (χ2v) is 6.14. The van der Waals surface area contributed by atoms with Crippen LogP contribution in [0.3, 0.4) is 0 Å². The molecule has 2 heterocycles. The van der Waals surface area contributed by atoms with Gasteiger partial charge in [-0.15, -0.1) is 0 Å². The van der Waals surface area contributed by atoms with E-state index < -0.39 is 0 Å². The second-order valence-electron chi connectivity index (χ2n) is 6.14. The number of furan rings is 1. The zero-order valence-electron chi connectivity index (χ0n) is 13.4. The summed E-state index contributed by atoms with van der Waals surface area (Å²) in [4.78, 5) is 2.48. The zero-order chi connectivity index (χ0) is 14.8. The summed E-state index contributed by atoms with van der Waals surface area (Å²) in [7, 11) is 2.23. The number of likely N-dealkylation sites (N-methyl/N-ethyl adjacent to an activating group) is 1. The Hall–Kier alpha value is -1.32. The van der Waals surface area contributed by atoms with Gasteiger partial charge in [0.05, 0.1) is 6.04 Å². The molecule has 2 atom stereocenters. The highest BCUT2D eigenvalue weighted by atomic mass is 16.3. The van der Waals surface area contributed by atoms with Crippen LogP contribution < -0.4 is 5.32 Å². The van der Waals surface area contributed by atoms with Gasteiger partial charge in [0.1, 0.15) is 11.3 Å². The monoisotopic (exact) mass is 286 g/mol. The topological polar surface area (TPSA) is 28.4 Å². The highest BCUT2D eigenvalue weighted by Crippen LogP contribution is 2.33. The SMILES string of the molecule is CCc1c(C(C)N(C)C2CCCNC2)oc2ccccc12. The highest BCUT2D eigenvalue weighted by Gasteiger charge is 2.27. The van der Waals surface area contributed by atoms with Crippen LogP contribution in [0.25, 0.3) is 11.0 Å². The molecule has 0 amide bonds. The Morgan fingerprint density at radius 3 is 2.90 bits per heavy atom. The molecule has 0 bridgehead atoms. The van der Waals surface area contributed by atoms with Crippen molar-refractivity contribution in [3.63, 3.8) is 0 Å². The Labute approximate surface area is 127 Å². The number of hydrogen-bond acceptors (Lipinski definition) is 3. The normalized spacial score (nSPS) is 21.0. The number of benzene rings is 1. The number of nitrogens with one attached hydrogen (secondary N) is 1. The van der Waals surface area contributed by atoms with Crippen LogP contribution in [-0.2, 0) is 6.42 Å². The van der Waals surface area contributed by atoms with Crippen LogP contribution in [0, 0.1) is 0 Å². The van der Waals surface area contributed by atoms with Crippen LogP contribution in [0.5, 0.6) is 0 Å². The van der Waals surface area contributed by atoms with E-state index in [-0.39, 0.29) is 0 Å². The molecule has 114 valence electrons. The third kappa shape index (κ3) is 2.72. The fraction of sp³-hybridized carbons (Fsp3) is 0.556. The number of rotatable bonds is 4. The first-order chi connectivity index (χ1) is 10.2. The summed E-state index contributed by atoms with van der Waals surface area (Å²) < 4.78 is 6.20. The van der Waals surface area contributed by atoms with E-state index in [9.17, 15) is 0 Å². The lowest BCUT2D eigenvalue weighted by molar-refractivity contribution is 0.142. The summed E-state index contributed by atoms with van der Waals surface area (Å²) in [5, 5.41) is 4.78. The summed E-state index contributed by atoms with van der Waals surface area (Å²) in [5.74, 6) is 1.15. The van der Waals surface area contributed by atoms with Gasteiger partial charge in [-0.25, -0.2) is 0 Å². The van der Waals surface area contributed by atoms with Crippen LogP contribution in [0.4, 0.5) is 0 Å². The van der Waals surface area contributed by atoms with Gasteiger partial charge in [-0.2, -0.15) is 0 Å². The van der Waals surface area contributed by atoms with E-state index in [0.29, 0.717) is 12.1 Å². The maximum absolute atomic E-state index is 6.20. The van der Waals surface area contributed by atoms with Gasteiger partial charge in [-0.05, 0) is 45.8 Å². The minimum Gasteiger partial charge on any atom is -0.459 e. The Kier molecular flexibility index (Phi) is 4.32. The predicted molar refractivity (Wildman–Crippen MR) is 87.7 cm³/mol. The van der Waals surface area contributed by atoms with Crippen LogP contribution >= 0.6 is 0 Å². The first kappa shape index (κ1) is 14.6. The molecule has 3 nitrogen and oxygen atoms in total. The molecule has 1 aliphatic heterocycles. The van der Waals surface area contributed by atoms with E-state index >= 15 is 0 Å². The van der Waals surface area contributed by atoms with Crippen molar-refractivity contribution in [3.05, 3.63) is 35.6 Å². The molecule has 1 aliphatic rings. The predicted octanol–water partition coefficient (Wildman–Crippen LogP) is 3.74. The van der Waals surface area contributed by atoms with Crippen molar-refractivity contribution < 1.29 is 4.42 Å². The fourth-order valence-corrected chi connectivity index (χ4v) is 3.50. The molecule has 3 heteroatoms. The van der Waals surface area contributed by atoms with Gasteiger partial charge in [0, 0.05) is 23.5 Å². The van der Waals surface area contributed by atoms with E-state index in [1.807, 2.05) is 0 Å². The fourth-order valence-electron chi connectivity index (χ4n) is 3.50. The molecule has 1 saturated heterocycles. The third-order valence-corrected chi connectivity index (χ3v) is 4.92. The molecule has 2 aromatic rings. The van der Waals surface area contributed by atoms with Gasteiger partial charge in [0.2, 0.25) is 0 Å². The van der Waals surface area contributed by atoms with Crippen molar-refractivity contribution in [3.8, 4) is 0 Å². The largest absolute Gasteiger partial charge is 0.459 e. The number of para-hydroxylation sites is 1. The Bertz CT molecular complexity index is 598. The molecule has 1 aromatic heterocycles. The lowest BCUT2D eigenvalue weighted by atomic mass is 10.0. The molecule has 0 aliphatic carbocycles. The summed E-state index contributed by atoms with van der Waals surface area (Å²) >= 11 is 0. The molecule has 0 radical (unpaired) electrons. The van der Waals surface area contributed by atoms with Gasteiger partial charge in [0.15, 0.2) is 0 Å². The Balaban J connectivity index is 1.91. The first-order valence-corrected chi connectivity index (χ1v) is 8.15. The number of nitrogens with zero attached hydrogens (tertiary/aromatic N) is 1. The van der Waals surface area contributed by atoms with Gasteiger partial charge in [-0.1, -0.05) is 25.1 Å². The van der Waals surface area contributed by atoms with Crippen molar-refractivity contribution in [2.24, 2.45) is 0 Å². The number of aryl methyl sites for hydroxylation is 1. The standard InChI is InChI=1S/C18H26N2O/c1-4-15-16-9-5-6-10-17(16)21-18(15)13(2)20(3)14-8-7-11-19-12-14/h5-6,9-10,13-14,19H,4,7-8,11-12H2,1-3H3. The number of fused-ring (bicyclic) bond motifs is 1. The minimum absolute atomic E-state index is 0.317. The van der Waals surface area contributed by atoms with Gasteiger partial charge in [-0.3, -0.25) is 4.90 Å². The molecule has 3 rings (SSSR count). The summed E-state index contributed by atoms with van der Waals surface area (Å²) in [6.07, 6.45) is 3.56.